The van der Waals surface area contributed by atoms with Crippen LogP contribution < -0.4 is 15.5 Å². The minimum absolute atomic E-state index is 0.199. The molecule has 2 heterocycles. The molecule has 3 aromatic rings. The third-order valence-electron chi connectivity index (χ3n) is 4.26. The molecule has 0 atom stereocenters. The van der Waals surface area contributed by atoms with Crippen LogP contribution in [0.3, 0.4) is 0 Å². The summed E-state index contributed by atoms with van der Waals surface area (Å²) in [5.74, 6) is 0.283. The third kappa shape index (κ3) is 4.06. The monoisotopic (exact) mass is 382 g/mol. The lowest BCUT2D eigenvalue weighted by Crippen LogP contribution is -2.21. The van der Waals surface area contributed by atoms with Gasteiger partial charge < -0.3 is 9.30 Å². The third-order valence-corrected chi connectivity index (χ3v) is 5.26. The van der Waals surface area contributed by atoms with E-state index in [9.17, 15) is 9.59 Å². The van der Waals surface area contributed by atoms with Gasteiger partial charge in [-0.1, -0.05) is 41.7 Å². The number of benzene rings is 1. The van der Waals surface area contributed by atoms with Crippen LogP contribution in [0.15, 0.2) is 47.4 Å². The molecule has 0 aliphatic heterocycles. The van der Waals surface area contributed by atoms with Gasteiger partial charge in [0.25, 0.3) is 5.91 Å². The molecule has 8 heteroatoms. The van der Waals surface area contributed by atoms with Gasteiger partial charge in [-0.3, -0.25) is 14.9 Å². The van der Waals surface area contributed by atoms with E-state index in [0.717, 1.165) is 23.4 Å². The molecular weight excluding hydrogens is 364 g/mol. The van der Waals surface area contributed by atoms with E-state index in [2.05, 4.69) is 15.5 Å². The van der Waals surface area contributed by atoms with E-state index >= 15 is 0 Å². The number of nitrogens with zero attached hydrogens (tertiary/aromatic N) is 3. The first-order valence-corrected chi connectivity index (χ1v) is 9.44. The molecule has 0 unspecified atom stereocenters. The number of ether oxygens (including phenoxy) is 1. The van der Waals surface area contributed by atoms with Crippen LogP contribution in [0, 0.1) is 0 Å². The second-order valence-corrected chi connectivity index (χ2v) is 7.46. The molecule has 0 radical (unpaired) electrons. The van der Waals surface area contributed by atoms with Gasteiger partial charge in [-0.05, 0) is 18.4 Å². The van der Waals surface area contributed by atoms with E-state index in [4.69, 9.17) is 4.74 Å². The van der Waals surface area contributed by atoms with E-state index in [0.29, 0.717) is 11.0 Å². The molecule has 1 amide bonds. The van der Waals surface area contributed by atoms with Gasteiger partial charge in [0.05, 0.1) is 6.20 Å². The summed E-state index contributed by atoms with van der Waals surface area (Å²) in [6.07, 6.45) is 3.78. The zero-order valence-corrected chi connectivity index (χ0v) is 15.5. The number of carbonyl (C=O) groups excluding carboxylic acids is 1. The Morgan fingerprint density at radius 3 is 2.81 bits per heavy atom. The Bertz CT molecular complexity index is 1020. The number of aromatic nitrogens is 3. The lowest BCUT2D eigenvalue weighted by atomic mass is 10.2. The summed E-state index contributed by atoms with van der Waals surface area (Å²) in [5.41, 5.74) is 0.851. The van der Waals surface area contributed by atoms with Crippen molar-refractivity contribution in [2.24, 2.45) is 7.05 Å². The van der Waals surface area contributed by atoms with Crippen molar-refractivity contribution >= 4 is 22.4 Å². The average molecular weight is 382 g/mol. The Morgan fingerprint density at radius 2 is 2.07 bits per heavy atom. The summed E-state index contributed by atoms with van der Waals surface area (Å²) in [6, 6.07) is 10.9. The SMILES string of the molecule is Cn1cc(OCc2ccccc2)c(=O)cc1C(=O)Nc1nnc(C2CC2)s1. The highest BCUT2D eigenvalue weighted by atomic mass is 32.1. The standard InChI is InChI=1S/C19H18N4O3S/c1-23-10-16(26-11-12-5-3-2-4-6-12)15(24)9-14(23)17(25)20-19-22-21-18(27-19)13-7-8-13/h2-6,9-10,13H,7-8,11H2,1H3,(H,20,22,25). The van der Waals surface area contributed by atoms with Gasteiger partial charge in [-0.15, -0.1) is 10.2 Å². The van der Waals surface area contributed by atoms with Crippen LogP contribution in [0.2, 0.25) is 0 Å². The van der Waals surface area contributed by atoms with E-state index in [-0.39, 0.29) is 23.5 Å². The average Bonchev–Trinajstić information content (AvgIpc) is 3.42. The largest absolute Gasteiger partial charge is 0.483 e. The van der Waals surface area contributed by atoms with Crippen LogP contribution in [0.25, 0.3) is 0 Å². The highest BCUT2D eigenvalue weighted by Crippen LogP contribution is 2.42. The maximum Gasteiger partial charge on any atom is 0.274 e. The van der Waals surface area contributed by atoms with Crippen LogP contribution in [0.4, 0.5) is 5.13 Å². The first-order chi connectivity index (χ1) is 13.1. The lowest BCUT2D eigenvalue weighted by Gasteiger charge is -2.11. The van der Waals surface area contributed by atoms with E-state index in [1.54, 1.807) is 11.6 Å². The number of carbonyl (C=O) groups is 1. The molecule has 1 N–H and O–H groups in total. The number of amides is 1. The summed E-state index contributed by atoms with van der Waals surface area (Å²) in [4.78, 5) is 24.8. The molecule has 1 saturated carbocycles. The first kappa shape index (κ1) is 17.4. The highest BCUT2D eigenvalue weighted by molar-refractivity contribution is 7.15. The lowest BCUT2D eigenvalue weighted by molar-refractivity contribution is 0.101. The van der Waals surface area contributed by atoms with Gasteiger partial charge in [0, 0.05) is 19.0 Å². The zero-order valence-electron chi connectivity index (χ0n) is 14.7. The minimum atomic E-state index is -0.400. The summed E-state index contributed by atoms with van der Waals surface area (Å²) >= 11 is 1.38. The van der Waals surface area contributed by atoms with E-state index < -0.39 is 5.91 Å². The highest BCUT2D eigenvalue weighted by Gasteiger charge is 2.28. The Morgan fingerprint density at radius 1 is 1.30 bits per heavy atom. The number of nitrogens with one attached hydrogen (secondary N) is 1. The maximum atomic E-state index is 12.5. The second kappa shape index (κ2) is 7.32. The Labute approximate surface area is 159 Å². The van der Waals surface area contributed by atoms with Gasteiger partial charge in [-0.25, -0.2) is 0 Å². The molecule has 1 aliphatic rings. The molecule has 0 bridgehead atoms. The van der Waals surface area contributed by atoms with Crippen molar-refractivity contribution in [2.75, 3.05) is 5.32 Å². The van der Waals surface area contributed by atoms with Crippen molar-refractivity contribution in [3.63, 3.8) is 0 Å². The van der Waals surface area contributed by atoms with Crippen molar-refractivity contribution in [1.82, 2.24) is 14.8 Å². The van der Waals surface area contributed by atoms with E-state index in [1.165, 1.54) is 23.6 Å². The maximum absolute atomic E-state index is 12.5. The molecule has 138 valence electrons. The summed E-state index contributed by atoms with van der Waals surface area (Å²) in [5, 5.41) is 12.2. The fraction of sp³-hybridized carbons (Fsp3) is 0.263. The molecule has 1 fully saturated rings. The second-order valence-electron chi connectivity index (χ2n) is 6.45. The number of hydrogen-bond donors (Lipinski definition) is 1. The van der Waals surface area contributed by atoms with Crippen LogP contribution in [0.5, 0.6) is 5.75 Å². The van der Waals surface area contributed by atoms with Crippen molar-refractivity contribution in [1.29, 1.82) is 0 Å². The van der Waals surface area contributed by atoms with E-state index in [1.807, 2.05) is 30.3 Å². The zero-order chi connectivity index (χ0) is 18.8. The quantitative estimate of drug-likeness (QED) is 0.708. The molecule has 0 saturated heterocycles. The fourth-order valence-corrected chi connectivity index (χ4v) is 3.52. The molecule has 4 rings (SSSR count). The van der Waals surface area contributed by atoms with Crippen LogP contribution >= 0.6 is 11.3 Å². The number of aryl methyl sites for hydroxylation is 1. The van der Waals surface area contributed by atoms with Crippen molar-refractivity contribution in [2.45, 2.75) is 25.4 Å². The van der Waals surface area contributed by atoms with Crippen molar-refractivity contribution < 1.29 is 9.53 Å². The van der Waals surface area contributed by atoms with Gasteiger partial charge in [0.15, 0.2) is 5.75 Å². The van der Waals surface area contributed by atoms with Crippen LogP contribution in [0.1, 0.15) is 39.8 Å². The predicted octanol–water partition coefficient (Wildman–Crippen LogP) is 2.95. The molecule has 1 aromatic carbocycles. The Balaban J connectivity index is 1.46. The van der Waals surface area contributed by atoms with Gasteiger partial charge in [0.2, 0.25) is 10.6 Å². The number of anilines is 1. The van der Waals surface area contributed by atoms with Crippen molar-refractivity contribution in [3.8, 4) is 5.75 Å². The predicted molar refractivity (Wildman–Crippen MR) is 102 cm³/mol. The summed E-state index contributed by atoms with van der Waals surface area (Å²) in [6.45, 7) is 0.288. The Hall–Kier alpha value is -3.00. The normalized spacial score (nSPS) is 13.4. The summed E-state index contributed by atoms with van der Waals surface area (Å²) in [7, 11) is 1.69. The minimum Gasteiger partial charge on any atom is -0.483 e. The van der Waals surface area contributed by atoms with Crippen LogP contribution in [-0.2, 0) is 13.7 Å². The van der Waals surface area contributed by atoms with Gasteiger partial charge >= 0.3 is 0 Å². The molecule has 7 nitrogen and oxygen atoms in total. The van der Waals surface area contributed by atoms with Crippen LogP contribution in [-0.4, -0.2) is 20.7 Å². The smallest absolute Gasteiger partial charge is 0.274 e. The number of rotatable bonds is 6. The Kier molecular flexibility index (Phi) is 4.72. The molecule has 1 aliphatic carbocycles. The first-order valence-electron chi connectivity index (χ1n) is 8.62. The molecule has 27 heavy (non-hydrogen) atoms. The number of hydrogen-bond acceptors (Lipinski definition) is 6. The summed E-state index contributed by atoms with van der Waals surface area (Å²) < 4.78 is 7.18. The molecular formula is C19H18N4O3S. The van der Waals surface area contributed by atoms with Gasteiger partial charge in [0.1, 0.15) is 17.3 Å². The fourth-order valence-electron chi connectivity index (χ4n) is 2.62. The number of pyridine rings is 1. The van der Waals surface area contributed by atoms with Crippen molar-refractivity contribution in [3.05, 3.63) is 69.1 Å². The topological polar surface area (TPSA) is 86.1 Å². The molecule has 0 spiro atoms. The molecule has 2 aromatic heterocycles. The van der Waals surface area contributed by atoms with Gasteiger partial charge in [-0.2, -0.15) is 0 Å².